The molecule has 2 nitrogen and oxygen atoms in total. The van der Waals surface area contributed by atoms with Crippen molar-refractivity contribution in [3.8, 4) is 0 Å². The second-order valence-corrected chi connectivity index (χ2v) is 2.86. The number of aliphatic imine (C=N–C) groups is 1. The van der Waals surface area contributed by atoms with Crippen LogP contribution in [0.15, 0.2) is 4.99 Å². The Morgan fingerprint density at radius 3 is 1.71 bits per heavy atom. The van der Waals surface area contributed by atoms with E-state index in [0.717, 1.165) is 19.5 Å². The zero-order valence-electron chi connectivity index (χ0n) is 14.0. The van der Waals surface area contributed by atoms with E-state index in [1.807, 2.05) is 47.9 Å². The molecular formula is C15H38N2. The van der Waals surface area contributed by atoms with Gasteiger partial charge in [-0.1, -0.05) is 61.8 Å². The van der Waals surface area contributed by atoms with Gasteiger partial charge in [-0.25, -0.2) is 0 Å². The van der Waals surface area contributed by atoms with Crippen LogP contribution in [0.1, 0.15) is 74.7 Å². The van der Waals surface area contributed by atoms with Crippen LogP contribution in [0.3, 0.4) is 0 Å². The minimum absolute atomic E-state index is 0.955. The minimum atomic E-state index is 0.955. The van der Waals surface area contributed by atoms with E-state index in [9.17, 15) is 0 Å². The SMILES string of the molecule is CC.CC.CC.CCCCN(C)C=NCCC. The lowest BCUT2D eigenvalue weighted by atomic mass is 10.3. The summed E-state index contributed by atoms with van der Waals surface area (Å²) in [5, 5.41) is 0. The lowest BCUT2D eigenvalue weighted by Gasteiger charge is -2.11. The van der Waals surface area contributed by atoms with Crippen LogP contribution in [-0.2, 0) is 0 Å². The van der Waals surface area contributed by atoms with E-state index < -0.39 is 0 Å². The van der Waals surface area contributed by atoms with Gasteiger partial charge in [-0.2, -0.15) is 0 Å². The fourth-order valence-corrected chi connectivity index (χ4v) is 0.791. The molecule has 0 aliphatic carbocycles. The van der Waals surface area contributed by atoms with Crippen molar-refractivity contribution in [1.82, 2.24) is 4.90 Å². The summed E-state index contributed by atoms with van der Waals surface area (Å²) in [5.74, 6) is 0. The fourth-order valence-electron chi connectivity index (χ4n) is 0.791. The highest BCUT2D eigenvalue weighted by Crippen LogP contribution is 1.88. The van der Waals surface area contributed by atoms with E-state index in [4.69, 9.17) is 0 Å². The first-order chi connectivity index (χ1) is 8.31. The van der Waals surface area contributed by atoms with Crippen molar-refractivity contribution in [3.63, 3.8) is 0 Å². The van der Waals surface area contributed by atoms with Crippen molar-refractivity contribution in [3.05, 3.63) is 0 Å². The van der Waals surface area contributed by atoms with E-state index in [-0.39, 0.29) is 0 Å². The molecule has 0 amide bonds. The van der Waals surface area contributed by atoms with Gasteiger partial charge in [0.1, 0.15) is 0 Å². The van der Waals surface area contributed by atoms with Gasteiger partial charge < -0.3 is 4.90 Å². The number of nitrogens with zero attached hydrogens (tertiary/aromatic N) is 2. The summed E-state index contributed by atoms with van der Waals surface area (Å²) in [6.07, 6.45) is 5.60. The van der Waals surface area contributed by atoms with E-state index in [2.05, 4.69) is 30.8 Å². The van der Waals surface area contributed by atoms with Crippen LogP contribution in [0.2, 0.25) is 0 Å². The quantitative estimate of drug-likeness (QED) is 0.462. The molecule has 0 N–H and O–H groups in total. The van der Waals surface area contributed by atoms with Crippen LogP contribution in [-0.4, -0.2) is 31.4 Å². The average Bonchev–Trinajstić information content (AvgIpc) is 2.43. The maximum Gasteiger partial charge on any atom is 0.0847 e. The van der Waals surface area contributed by atoms with Crippen LogP contribution in [0.25, 0.3) is 0 Å². The maximum absolute atomic E-state index is 4.24. The summed E-state index contributed by atoms with van der Waals surface area (Å²) in [7, 11) is 2.08. The van der Waals surface area contributed by atoms with E-state index in [0.29, 0.717) is 0 Å². The summed E-state index contributed by atoms with van der Waals surface area (Å²) < 4.78 is 0. The third-order valence-electron chi connectivity index (χ3n) is 1.50. The van der Waals surface area contributed by atoms with Gasteiger partial charge in [0, 0.05) is 20.1 Å². The average molecular weight is 246 g/mol. The molecule has 0 aliphatic rings. The third-order valence-corrected chi connectivity index (χ3v) is 1.50. The van der Waals surface area contributed by atoms with Crippen molar-refractivity contribution < 1.29 is 0 Å². The first kappa shape index (κ1) is 25.3. The molecular weight excluding hydrogens is 208 g/mol. The van der Waals surface area contributed by atoms with Crippen LogP contribution < -0.4 is 0 Å². The molecule has 0 saturated carbocycles. The first-order valence-electron chi connectivity index (χ1n) is 7.51. The Kier molecular flexibility index (Phi) is 53.9. The second kappa shape index (κ2) is 36.1. The highest BCUT2D eigenvalue weighted by atomic mass is 15.1. The molecule has 0 spiro atoms. The van der Waals surface area contributed by atoms with E-state index in [1.165, 1.54) is 12.8 Å². The fraction of sp³-hybridized carbons (Fsp3) is 0.933. The summed E-state index contributed by atoms with van der Waals surface area (Å²) in [4.78, 5) is 6.40. The number of hydrogen-bond acceptors (Lipinski definition) is 1. The molecule has 0 aromatic rings. The molecule has 0 bridgehead atoms. The van der Waals surface area contributed by atoms with Crippen LogP contribution in [0, 0.1) is 0 Å². The van der Waals surface area contributed by atoms with Gasteiger partial charge in [-0.15, -0.1) is 0 Å². The number of rotatable bonds is 6. The van der Waals surface area contributed by atoms with Crippen molar-refractivity contribution >= 4 is 6.34 Å². The van der Waals surface area contributed by atoms with E-state index in [1.54, 1.807) is 0 Å². The predicted molar refractivity (Wildman–Crippen MR) is 85.2 cm³/mol. The smallest absolute Gasteiger partial charge is 0.0847 e. The Balaban J connectivity index is -0.000000121. The highest BCUT2D eigenvalue weighted by Gasteiger charge is 1.88. The van der Waals surface area contributed by atoms with Gasteiger partial charge in [0.05, 0.1) is 6.34 Å². The normalized spacial score (nSPS) is 8.06. The van der Waals surface area contributed by atoms with Crippen LogP contribution in [0.4, 0.5) is 0 Å². The number of hydrogen-bond donors (Lipinski definition) is 0. The zero-order chi connectivity index (χ0) is 14.5. The van der Waals surface area contributed by atoms with E-state index >= 15 is 0 Å². The van der Waals surface area contributed by atoms with Crippen molar-refractivity contribution in [2.24, 2.45) is 4.99 Å². The Morgan fingerprint density at radius 2 is 1.35 bits per heavy atom. The van der Waals surface area contributed by atoms with Gasteiger partial charge in [0.2, 0.25) is 0 Å². The summed E-state index contributed by atoms with van der Waals surface area (Å²) in [5.41, 5.74) is 0. The van der Waals surface area contributed by atoms with Crippen LogP contribution in [0.5, 0.6) is 0 Å². The van der Waals surface area contributed by atoms with Crippen molar-refractivity contribution in [2.75, 3.05) is 20.1 Å². The first-order valence-corrected chi connectivity index (χ1v) is 7.51. The van der Waals surface area contributed by atoms with Gasteiger partial charge in [0.25, 0.3) is 0 Å². The summed E-state index contributed by atoms with van der Waals surface area (Å²) in [6, 6.07) is 0. The molecule has 0 unspecified atom stereocenters. The molecule has 2 heteroatoms. The summed E-state index contributed by atoms with van der Waals surface area (Å²) in [6.45, 7) is 18.4. The molecule has 0 aromatic carbocycles. The highest BCUT2D eigenvalue weighted by molar-refractivity contribution is 5.54. The molecule has 0 aliphatic heterocycles. The molecule has 0 fully saturated rings. The topological polar surface area (TPSA) is 15.6 Å². The Bertz CT molecular complexity index is 101. The predicted octanol–water partition coefficient (Wildman–Crippen LogP) is 5.24. The Hall–Kier alpha value is -0.530. The number of unbranched alkanes of at least 4 members (excludes halogenated alkanes) is 1. The van der Waals surface area contributed by atoms with Gasteiger partial charge >= 0.3 is 0 Å². The Morgan fingerprint density at radius 1 is 0.882 bits per heavy atom. The molecule has 0 heterocycles. The Labute approximate surface area is 112 Å². The minimum Gasteiger partial charge on any atom is -0.366 e. The van der Waals surface area contributed by atoms with Crippen molar-refractivity contribution in [1.29, 1.82) is 0 Å². The molecule has 0 saturated heterocycles. The maximum atomic E-state index is 4.24. The molecule has 0 radical (unpaired) electrons. The molecule has 0 rings (SSSR count). The second-order valence-electron chi connectivity index (χ2n) is 2.86. The lowest BCUT2D eigenvalue weighted by molar-refractivity contribution is 0.495. The molecule has 0 atom stereocenters. The standard InChI is InChI=1S/C9H20N2.3C2H6/c1-4-6-8-11(3)9-10-7-5-2;3*1-2/h9H,4-8H2,1-3H3;3*1-2H3. The monoisotopic (exact) mass is 246 g/mol. The van der Waals surface area contributed by atoms with Gasteiger partial charge in [-0.3, -0.25) is 4.99 Å². The van der Waals surface area contributed by atoms with Gasteiger partial charge in [-0.05, 0) is 12.8 Å². The van der Waals surface area contributed by atoms with Crippen LogP contribution >= 0.6 is 0 Å². The largest absolute Gasteiger partial charge is 0.366 e. The zero-order valence-corrected chi connectivity index (χ0v) is 14.0. The molecule has 17 heavy (non-hydrogen) atoms. The van der Waals surface area contributed by atoms with Crippen molar-refractivity contribution in [2.45, 2.75) is 74.7 Å². The molecule has 108 valence electrons. The summed E-state index contributed by atoms with van der Waals surface area (Å²) >= 11 is 0. The molecule has 0 aromatic heterocycles. The lowest BCUT2D eigenvalue weighted by Crippen LogP contribution is -2.17. The third kappa shape index (κ3) is 39.1. The van der Waals surface area contributed by atoms with Gasteiger partial charge in [0.15, 0.2) is 0 Å².